The van der Waals surface area contributed by atoms with E-state index in [9.17, 15) is 10.1 Å². The van der Waals surface area contributed by atoms with Gasteiger partial charge in [-0.25, -0.2) is 0 Å². The molecule has 0 aliphatic carbocycles. The Balaban J connectivity index is 2.65. The maximum Gasteiger partial charge on any atom is 0.269 e. The van der Waals surface area contributed by atoms with E-state index in [1.165, 1.54) is 6.07 Å². The molecule has 1 N–H and O–H groups in total. The van der Waals surface area contributed by atoms with Crippen LogP contribution in [-0.4, -0.2) is 24.2 Å². The summed E-state index contributed by atoms with van der Waals surface area (Å²) in [6.45, 7) is 7.50. The van der Waals surface area contributed by atoms with Gasteiger partial charge < -0.3 is 10.1 Å². The Kier molecular flexibility index (Phi) is 7.18. The average Bonchev–Trinajstić information content (AvgIpc) is 2.42. The molecule has 0 aromatic heterocycles. The van der Waals surface area contributed by atoms with E-state index in [2.05, 4.69) is 12.2 Å². The number of nitrogens with zero attached hydrogens (tertiary/aromatic N) is 1. The van der Waals surface area contributed by atoms with Crippen molar-refractivity contribution in [3.8, 4) is 0 Å². The Labute approximate surface area is 120 Å². The zero-order valence-electron chi connectivity index (χ0n) is 12.5. The van der Waals surface area contributed by atoms with Crippen LogP contribution in [0.1, 0.15) is 45.2 Å². The van der Waals surface area contributed by atoms with E-state index in [1.54, 1.807) is 12.1 Å². The smallest absolute Gasteiger partial charge is 0.269 e. The summed E-state index contributed by atoms with van der Waals surface area (Å²) in [4.78, 5) is 10.5. The third-order valence-electron chi connectivity index (χ3n) is 3.00. The van der Waals surface area contributed by atoms with Crippen LogP contribution in [0.15, 0.2) is 24.3 Å². The van der Waals surface area contributed by atoms with Crippen molar-refractivity contribution in [2.24, 2.45) is 0 Å². The van der Waals surface area contributed by atoms with E-state index in [1.807, 2.05) is 19.9 Å². The van der Waals surface area contributed by atoms with E-state index in [-0.39, 0.29) is 22.8 Å². The fourth-order valence-electron chi connectivity index (χ4n) is 2.06. The van der Waals surface area contributed by atoms with Crippen molar-refractivity contribution < 1.29 is 9.66 Å². The number of nitro groups is 1. The Morgan fingerprint density at radius 1 is 1.40 bits per heavy atom. The zero-order chi connectivity index (χ0) is 15.0. The number of hydrogen-bond donors (Lipinski definition) is 1. The molecule has 1 rings (SSSR count). The first-order valence-corrected chi connectivity index (χ1v) is 7.14. The van der Waals surface area contributed by atoms with Gasteiger partial charge in [0.05, 0.1) is 17.6 Å². The highest BCUT2D eigenvalue weighted by Crippen LogP contribution is 2.22. The van der Waals surface area contributed by atoms with Crippen molar-refractivity contribution in [2.45, 2.75) is 45.8 Å². The van der Waals surface area contributed by atoms with Crippen molar-refractivity contribution in [1.29, 1.82) is 0 Å². The second kappa shape index (κ2) is 8.66. The molecule has 0 amide bonds. The standard InChI is InChI=1S/C15H24N2O3/c1-4-6-15(16-9-10-20-12(2)3)13-7-5-8-14(11-13)17(18)19/h5,7-8,11-12,15-16H,4,6,9-10H2,1-3H3. The summed E-state index contributed by atoms with van der Waals surface area (Å²) in [6.07, 6.45) is 2.19. The fourth-order valence-corrected chi connectivity index (χ4v) is 2.06. The lowest BCUT2D eigenvalue weighted by molar-refractivity contribution is -0.384. The van der Waals surface area contributed by atoms with Gasteiger partial charge in [0.25, 0.3) is 5.69 Å². The van der Waals surface area contributed by atoms with Gasteiger partial charge in [-0.3, -0.25) is 10.1 Å². The third kappa shape index (κ3) is 5.67. The molecule has 1 aromatic carbocycles. The average molecular weight is 280 g/mol. The summed E-state index contributed by atoms with van der Waals surface area (Å²) in [5, 5.41) is 14.2. The highest BCUT2D eigenvalue weighted by molar-refractivity contribution is 5.35. The van der Waals surface area contributed by atoms with Crippen LogP contribution >= 0.6 is 0 Å². The first-order valence-electron chi connectivity index (χ1n) is 7.14. The van der Waals surface area contributed by atoms with Gasteiger partial charge >= 0.3 is 0 Å². The van der Waals surface area contributed by atoms with Crippen molar-refractivity contribution in [3.05, 3.63) is 39.9 Å². The van der Waals surface area contributed by atoms with Crippen molar-refractivity contribution >= 4 is 5.69 Å². The first-order chi connectivity index (χ1) is 9.54. The van der Waals surface area contributed by atoms with Crippen LogP contribution in [0.5, 0.6) is 0 Å². The molecule has 1 atom stereocenters. The summed E-state index contributed by atoms with van der Waals surface area (Å²) < 4.78 is 5.50. The van der Waals surface area contributed by atoms with Crippen LogP contribution in [0, 0.1) is 10.1 Å². The molecule has 0 aliphatic heterocycles. The lowest BCUT2D eigenvalue weighted by Gasteiger charge is -2.19. The van der Waals surface area contributed by atoms with Crippen molar-refractivity contribution in [3.63, 3.8) is 0 Å². The normalized spacial score (nSPS) is 12.6. The number of benzene rings is 1. The molecule has 112 valence electrons. The number of rotatable bonds is 9. The molecule has 20 heavy (non-hydrogen) atoms. The number of non-ortho nitro benzene ring substituents is 1. The predicted octanol–water partition coefficient (Wildman–Crippen LogP) is 3.45. The highest BCUT2D eigenvalue weighted by Gasteiger charge is 2.13. The number of ether oxygens (including phenoxy) is 1. The molecule has 0 spiro atoms. The molecule has 1 aromatic rings. The number of hydrogen-bond acceptors (Lipinski definition) is 4. The molecule has 0 fully saturated rings. The minimum Gasteiger partial charge on any atom is -0.377 e. The van der Waals surface area contributed by atoms with Gasteiger partial charge in [-0.1, -0.05) is 25.5 Å². The van der Waals surface area contributed by atoms with Crippen molar-refractivity contribution in [2.75, 3.05) is 13.2 Å². The molecular formula is C15H24N2O3. The van der Waals surface area contributed by atoms with Crippen LogP contribution < -0.4 is 5.32 Å². The summed E-state index contributed by atoms with van der Waals surface area (Å²) in [5.74, 6) is 0. The molecule has 0 radical (unpaired) electrons. The summed E-state index contributed by atoms with van der Waals surface area (Å²) in [5.41, 5.74) is 1.11. The molecule has 0 aliphatic rings. The quantitative estimate of drug-likeness (QED) is 0.427. The van der Waals surface area contributed by atoms with Gasteiger partial charge in [0.15, 0.2) is 0 Å². The lowest BCUT2D eigenvalue weighted by atomic mass is 10.0. The highest BCUT2D eigenvalue weighted by atomic mass is 16.6. The largest absolute Gasteiger partial charge is 0.377 e. The monoisotopic (exact) mass is 280 g/mol. The molecule has 0 saturated heterocycles. The molecular weight excluding hydrogens is 256 g/mol. The molecule has 0 bridgehead atoms. The second-order valence-electron chi connectivity index (χ2n) is 5.07. The predicted molar refractivity (Wildman–Crippen MR) is 79.8 cm³/mol. The fraction of sp³-hybridized carbons (Fsp3) is 0.600. The van der Waals surface area contributed by atoms with Gasteiger partial charge in [-0.2, -0.15) is 0 Å². The molecule has 1 unspecified atom stereocenters. The first kappa shape index (κ1) is 16.6. The van der Waals surface area contributed by atoms with Crippen molar-refractivity contribution in [1.82, 2.24) is 5.32 Å². The third-order valence-corrected chi connectivity index (χ3v) is 3.00. The van der Waals surface area contributed by atoms with Gasteiger partial charge in [-0.05, 0) is 25.8 Å². The molecule has 5 heteroatoms. The van der Waals surface area contributed by atoms with Crippen LogP contribution in [0.2, 0.25) is 0 Å². The van der Waals surface area contributed by atoms with E-state index in [0.717, 1.165) is 24.9 Å². The Morgan fingerprint density at radius 3 is 2.75 bits per heavy atom. The van der Waals surface area contributed by atoms with Crippen LogP contribution in [-0.2, 0) is 4.74 Å². The van der Waals surface area contributed by atoms with E-state index in [0.29, 0.717) is 6.61 Å². The Hall–Kier alpha value is -1.46. The Morgan fingerprint density at radius 2 is 2.15 bits per heavy atom. The minimum absolute atomic E-state index is 0.135. The number of nitro benzene ring substituents is 1. The zero-order valence-corrected chi connectivity index (χ0v) is 12.5. The second-order valence-corrected chi connectivity index (χ2v) is 5.07. The van der Waals surface area contributed by atoms with Gasteiger partial charge in [0, 0.05) is 24.7 Å². The summed E-state index contributed by atoms with van der Waals surface area (Å²) in [7, 11) is 0. The van der Waals surface area contributed by atoms with Crippen LogP contribution in [0.4, 0.5) is 5.69 Å². The summed E-state index contributed by atoms with van der Waals surface area (Å²) in [6, 6.07) is 6.98. The molecule has 0 saturated carbocycles. The Bertz CT molecular complexity index is 421. The van der Waals surface area contributed by atoms with Crippen LogP contribution in [0.3, 0.4) is 0 Å². The van der Waals surface area contributed by atoms with E-state index >= 15 is 0 Å². The van der Waals surface area contributed by atoms with Gasteiger partial charge in [-0.15, -0.1) is 0 Å². The van der Waals surface area contributed by atoms with Crippen LogP contribution in [0.25, 0.3) is 0 Å². The topological polar surface area (TPSA) is 64.4 Å². The maximum atomic E-state index is 10.8. The molecule has 5 nitrogen and oxygen atoms in total. The van der Waals surface area contributed by atoms with Gasteiger partial charge in [0.2, 0.25) is 0 Å². The van der Waals surface area contributed by atoms with E-state index in [4.69, 9.17) is 4.74 Å². The minimum atomic E-state index is -0.353. The maximum absolute atomic E-state index is 10.8. The van der Waals surface area contributed by atoms with Gasteiger partial charge in [0.1, 0.15) is 0 Å². The lowest BCUT2D eigenvalue weighted by Crippen LogP contribution is -2.26. The SMILES string of the molecule is CCCC(NCCOC(C)C)c1cccc([N+](=O)[O-])c1. The number of nitrogens with one attached hydrogen (secondary N) is 1. The summed E-state index contributed by atoms with van der Waals surface area (Å²) >= 11 is 0. The molecule has 0 heterocycles. The van der Waals surface area contributed by atoms with E-state index < -0.39 is 0 Å².